The van der Waals surface area contributed by atoms with Crippen molar-refractivity contribution in [1.82, 2.24) is 4.90 Å². The van der Waals surface area contributed by atoms with Crippen molar-refractivity contribution in [3.63, 3.8) is 0 Å². The summed E-state index contributed by atoms with van der Waals surface area (Å²) in [7, 11) is 0. The van der Waals surface area contributed by atoms with Crippen LogP contribution >= 0.6 is 0 Å². The van der Waals surface area contributed by atoms with Crippen LogP contribution in [0.1, 0.15) is 37.7 Å². The Morgan fingerprint density at radius 3 is 2.79 bits per heavy atom. The third-order valence-electron chi connectivity index (χ3n) is 6.01. The molecule has 3 unspecified atom stereocenters. The summed E-state index contributed by atoms with van der Waals surface area (Å²) in [6, 6.07) is 7.78. The van der Waals surface area contributed by atoms with E-state index in [1.165, 1.54) is 12.0 Å². The summed E-state index contributed by atoms with van der Waals surface area (Å²) in [5.41, 5.74) is 2.20. The first-order valence-corrected chi connectivity index (χ1v) is 9.02. The lowest BCUT2D eigenvalue weighted by molar-refractivity contribution is -0.143. The maximum atomic E-state index is 12.9. The molecule has 0 bridgehead atoms. The van der Waals surface area contributed by atoms with E-state index in [9.17, 15) is 14.7 Å². The van der Waals surface area contributed by atoms with Crippen LogP contribution in [0.5, 0.6) is 0 Å². The van der Waals surface area contributed by atoms with Crippen LogP contribution in [0.15, 0.2) is 24.3 Å². The number of carboxylic acids is 1. The average molecular weight is 328 g/mol. The molecule has 1 saturated carbocycles. The highest BCUT2D eigenvalue weighted by Gasteiger charge is 2.46. The molecule has 1 N–H and O–H groups in total. The molecule has 1 aromatic carbocycles. The quantitative estimate of drug-likeness (QED) is 0.925. The van der Waals surface area contributed by atoms with Gasteiger partial charge in [0.05, 0.1) is 6.54 Å². The number of amides is 1. The van der Waals surface area contributed by atoms with Gasteiger partial charge in [-0.15, -0.1) is 0 Å². The summed E-state index contributed by atoms with van der Waals surface area (Å²) in [4.78, 5) is 28.4. The van der Waals surface area contributed by atoms with Crippen molar-refractivity contribution in [3.05, 3.63) is 29.8 Å². The summed E-state index contributed by atoms with van der Waals surface area (Å²) in [5.74, 6) is -0.296. The lowest BCUT2D eigenvalue weighted by atomic mass is 9.85. The highest BCUT2D eigenvalue weighted by molar-refractivity contribution is 5.97. The number of nitrogens with zero attached hydrogens (tertiary/aromatic N) is 2. The maximum Gasteiger partial charge on any atom is 0.320 e. The van der Waals surface area contributed by atoms with Gasteiger partial charge in [-0.25, -0.2) is 0 Å². The van der Waals surface area contributed by atoms with E-state index >= 15 is 0 Å². The summed E-state index contributed by atoms with van der Waals surface area (Å²) >= 11 is 0. The Balaban J connectivity index is 1.53. The first-order chi connectivity index (χ1) is 11.6. The normalized spacial score (nSPS) is 29.3. The number of hydrogen-bond donors (Lipinski definition) is 1. The molecule has 1 amide bonds. The van der Waals surface area contributed by atoms with Gasteiger partial charge in [-0.2, -0.15) is 0 Å². The maximum absolute atomic E-state index is 12.9. The first kappa shape index (κ1) is 15.6. The zero-order valence-corrected chi connectivity index (χ0v) is 13.9. The van der Waals surface area contributed by atoms with Crippen LogP contribution in [0.3, 0.4) is 0 Å². The Hall–Kier alpha value is -1.88. The predicted molar refractivity (Wildman–Crippen MR) is 91.0 cm³/mol. The number of fused-ring (bicyclic) bond motifs is 2. The van der Waals surface area contributed by atoms with E-state index < -0.39 is 12.0 Å². The minimum absolute atomic E-state index is 0.0393. The largest absolute Gasteiger partial charge is 0.480 e. The van der Waals surface area contributed by atoms with Crippen LogP contribution in [0.2, 0.25) is 0 Å². The SMILES string of the molecule is O=C(O)C1CC2CCCCC2N1CC(=O)N1CCc2ccccc21. The molecule has 3 aliphatic rings. The highest BCUT2D eigenvalue weighted by Crippen LogP contribution is 2.40. The molecule has 2 fully saturated rings. The van der Waals surface area contributed by atoms with Crippen molar-refractivity contribution in [1.29, 1.82) is 0 Å². The summed E-state index contributed by atoms with van der Waals surface area (Å²) in [5, 5.41) is 9.60. The number of anilines is 1. The molecule has 24 heavy (non-hydrogen) atoms. The number of rotatable bonds is 3. The number of para-hydroxylation sites is 1. The predicted octanol–water partition coefficient (Wildman–Crippen LogP) is 2.29. The molecular weight excluding hydrogens is 304 g/mol. The van der Waals surface area contributed by atoms with Gasteiger partial charge in [-0.3, -0.25) is 14.5 Å². The average Bonchev–Trinajstić information content (AvgIpc) is 3.17. The zero-order chi connectivity index (χ0) is 16.7. The number of hydrogen-bond acceptors (Lipinski definition) is 3. The number of benzene rings is 1. The third kappa shape index (κ3) is 2.61. The van der Waals surface area contributed by atoms with Gasteiger partial charge < -0.3 is 10.0 Å². The van der Waals surface area contributed by atoms with E-state index in [0.717, 1.165) is 31.4 Å². The monoisotopic (exact) mass is 328 g/mol. The first-order valence-electron chi connectivity index (χ1n) is 9.02. The van der Waals surface area contributed by atoms with Crippen molar-refractivity contribution < 1.29 is 14.7 Å². The van der Waals surface area contributed by atoms with Crippen LogP contribution in [0.4, 0.5) is 5.69 Å². The summed E-state index contributed by atoms with van der Waals surface area (Å²) in [6.45, 7) is 0.935. The molecular formula is C19H24N2O3. The second-order valence-corrected chi connectivity index (χ2v) is 7.30. The smallest absolute Gasteiger partial charge is 0.320 e. The van der Waals surface area contributed by atoms with Gasteiger partial charge >= 0.3 is 5.97 Å². The van der Waals surface area contributed by atoms with E-state index in [1.807, 2.05) is 28.0 Å². The molecule has 0 radical (unpaired) electrons. The molecule has 1 aromatic rings. The van der Waals surface area contributed by atoms with E-state index in [1.54, 1.807) is 0 Å². The molecule has 5 heteroatoms. The van der Waals surface area contributed by atoms with Crippen molar-refractivity contribution in [3.8, 4) is 0 Å². The van der Waals surface area contributed by atoms with Gasteiger partial charge in [0.1, 0.15) is 6.04 Å². The molecule has 2 aliphatic heterocycles. The lowest BCUT2D eigenvalue weighted by Gasteiger charge is -2.33. The summed E-state index contributed by atoms with van der Waals surface area (Å²) < 4.78 is 0. The standard InChI is InChI=1S/C19H24N2O3/c22-18(20-10-9-13-5-1-3-7-15(13)20)12-21-16-8-4-2-6-14(16)11-17(21)19(23)24/h1,3,5,7,14,16-17H,2,4,6,8-12H2,(H,23,24). The van der Waals surface area contributed by atoms with Crippen LogP contribution in [-0.4, -0.2) is 47.1 Å². The Labute approximate surface area is 142 Å². The fourth-order valence-corrected chi connectivity index (χ4v) is 4.86. The van der Waals surface area contributed by atoms with Gasteiger partial charge in [0.15, 0.2) is 0 Å². The van der Waals surface area contributed by atoms with E-state index in [2.05, 4.69) is 6.07 Å². The molecule has 0 aromatic heterocycles. The second kappa shape index (κ2) is 6.20. The fraction of sp³-hybridized carbons (Fsp3) is 0.579. The van der Waals surface area contributed by atoms with Gasteiger partial charge in [-0.1, -0.05) is 31.0 Å². The van der Waals surface area contributed by atoms with Crippen LogP contribution in [0.25, 0.3) is 0 Å². The van der Waals surface area contributed by atoms with Gasteiger partial charge in [0, 0.05) is 18.3 Å². The van der Waals surface area contributed by atoms with Crippen LogP contribution in [-0.2, 0) is 16.0 Å². The number of carbonyl (C=O) groups is 2. The Morgan fingerprint density at radius 2 is 1.96 bits per heavy atom. The minimum Gasteiger partial charge on any atom is -0.480 e. The number of aliphatic carboxylic acids is 1. The van der Waals surface area contributed by atoms with Crippen molar-refractivity contribution in [2.24, 2.45) is 5.92 Å². The fourth-order valence-electron chi connectivity index (χ4n) is 4.86. The van der Waals surface area contributed by atoms with Gasteiger partial charge in [0.2, 0.25) is 5.91 Å². The van der Waals surface area contributed by atoms with E-state index in [0.29, 0.717) is 18.9 Å². The van der Waals surface area contributed by atoms with Crippen LogP contribution in [0, 0.1) is 5.92 Å². The zero-order valence-electron chi connectivity index (χ0n) is 13.9. The number of carboxylic acid groups (broad SMARTS) is 1. The molecule has 2 heterocycles. The van der Waals surface area contributed by atoms with E-state index in [4.69, 9.17) is 0 Å². The number of likely N-dealkylation sites (tertiary alicyclic amines) is 1. The molecule has 4 rings (SSSR count). The third-order valence-corrected chi connectivity index (χ3v) is 6.01. The molecule has 1 saturated heterocycles. The number of carbonyl (C=O) groups excluding carboxylic acids is 1. The second-order valence-electron chi connectivity index (χ2n) is 7.30. The summed E-state index contributed by atoms with van der Waals surface area (Å²) in [6.07, 6.45) is 6.05. The van der Waals surface area contributed by atoms with Crippen molar-refractivity contribution >= 4 is 17.6 Å². The van der Waals surface area contributed by atoms with Crippen molar-refractivity contribution in [2.75, 3.05) is 18.0 Å². The topological polar surface area (TPSA) is 60.9 Å². The van der Waals surface area contributed by atoms with Gasteiger partial charge in [-0.05, 0) is 43.2 Å². The highest BCUT2D eigenvalue weighted by atomic mass is 16.4. The molecule has 5 nitrogen and oxygen atoms in total. The van der Waals surface area contributed by atoms with Gasteiger partial charge in [0.25, 0.3) is 0 Å². The minimum atomic E-state index is -0.779. The molecule has 0 spiro atoms. The molecule has 3 atom stereocenters. The Morgan fingerprint density at radius 1 is 1.17 bits per heavy atom. The van der Waals surface area contributed by atoms with Crippen LogP contribution < -0.4 is 4.90 Å². The Kier molecular flexibility index (Phi) is 4.04. The Bertz CT molecular complexity index is 660. The van der Waals surface area contributed by atoms with E-state index in [-0.39, 0.29) is 18.5 Å². The lowest BCUT2D eigenvalue weighted by Crippen LogP contribution is -2.48. The molecule has 128 valence electrons. The van der Waals surface area contributed by atoms with Crippen molar-refractivity contribution in [2.45, 2.75) is 50.6 Å². The molecule has 1 aliphatic carbocycles.